The lowest BCUT2D eigenvalue weighted by Gasteiger charge is -2.64. The number of rotatable bonds is 7. The molecule has 1 aliphatic heterocycles. The predicted octanol–water partition coefficient (Wildman–Crippen LogP) is 7.73. The topological polar surface area (TPSA) is 98.1 Å². The van der Waals surface area contributed by atoms with Gasteiger partial charge in [0, 0.05) is 18.8 Å². The summed E-state index contributed by atoms with van der Waals surface area (Å²) >= 11 is 0. The van der Waals surface area contributed by atoms with Crippen LogP contribution in [0.2, 0.25) is 0 Å². The lowest BCUT2D eigenvalue weighted by atomic mass is 9.41. The molecule has 1 saturated heterocycles. The van der Waals surface area contributed by atoms with Crippen molar-refractivity contribution in [1.29, 1.82) is 0 Å². The molecule has 4 saturated carbocycles. The van der Waals surface area contributed by atoms with Crippen LogP contribution in [0.25, 0.3) is 0 Å². The fourth-order valence-corrected chi connectivity index (χ4v) is 12.7. The van der Waals surface area contributed by atoms with Crippen molar-refractivity contribution < 1.29 is 28.3 Å². The highest BCUT2D eigenvalue weighted by Gasteiger charge is 2.64. The Morgan fingerprint density at radius 1 is 1.02 bits per heavy atom. The van der Waals surface area contributed by atoms with Crippen molar-refractivity contribution in [3.05, 3.63) is 30.1 Å². The Morgan fingerprint density at radius 3 is 2.48 bits per heavy atom. The minimum absolute atomic E-state index is 0.195. The van der Waals surface area contributed by atoms with Gasteiger partial charge >= 0.3 is 7.82 Å². The van der Waals surface area contributed by atoms with Gasteiger partial charge in [0.25, 0.3) is 0 Å². The third-order valence-electron chi connectivity index (χ3n) is 13.2. The molecule has 0 bridgehead atoms. The standard InChI is InChI=1S/C34H54NO6P/c1-6-25-29-20-24(36)9-14-34(29,5)28-10-15-33(4)26(7-8-27(33)31(28)32(25)37)21(2)13-18-39-42(38)40-22(3)19-30(41-42)23-11-16-35-17-12-23/h11-12,16-17,21-22,24-32,36-37H,6-10,13-15,18-20H2,1-5H3/t21-,22?,24-,25-,26-,27?,28?,29?,30+,31?,32-,33-,34-,42?/m1/s1. The quantitative estimate of drug-likeness (QED) is 0.308. The zero-order chi connectivity index (χ0) is 29.9. The maximum atomic E-state index is 13.5. The van der Waals surface area contributed by atoms with E-state index in [1.807, 2.05) is 19.1 Å². The molecule has 0 amide bonds. The molecule has 14 atom stereocenters. The third-order valence-corrected chi connectivity index (χ3v) is 14.8. The van der Waals surface area contributed by atoms with E-state index in [-0.39, 0.29) is 41.2 Å². The van der Waals surface area contributed by atoms with E-state index < -0.39 is 7.82 Å². The van der Waals surface area contributed by atoms with Gasteiger partial charge in [-0.1, -0.05) is 34.1 Å². The highest BCUT2D eigenvalue weighted by molar-refractivity contribution is 7.48. The Kier molecular flexibility index (Phi) is 8.79. The molecule has 1 aromatic heterocycles. The summed E-state index contributed by atoms with van der Waals surface area (Å²) in [5.41, 5.74) is 1.36. The molecule has 236 valence electrons. The zero-order valence-corrected chi connectivity index (χ0v) is 27.3. The minimum atomic E-state index is -3.66. The average Bonchev–Trinajstić information content (AvgIpc) is 3.31. The Morgan fingerprint density at radius 2 is 1.74 bits per heavy atom. The van der Waals surface area contributed by atoms with Crippen LogP contribution in [0.15, 0.2) is 24.5 Å². The second-order valence-corrected chi connectivity index (χ2v) is 16.8. The molecule has 8 heteroatoms. The number of fused-ring (bicyclic) bond motifs is 5. The molecule has 4 aliphatic carbocycles. The lowest BCUT2D eigenvalue weighted by molar-refractivity contribution is -0.203. The van der Waals surface area contributed by atoms with Crippen molar-refractivity contribution in [3.8, 4) is 0 Å². The molecule has 1 aromatic rings. The highest BCUT2D eigenvalue weighted by Crippen LogP contribution is 2.69. The van der Waals surface area contributed by atoms with Crippen molar-refractivity contribution in [2.45, 2.75) is 123 Å². The summed E-state index contributed by atoms with van der Waals surface area (Å²) in [6, 6.07) is 3.79. The number of phosphoric acid groups is 1. The molecule has 0 aromatic carbocycles. The van der Waals surface area contributed by atoms with E-state index in [4.69, 9.17) is 13.6 Å². The van der Waals surface area contributed by atoms with Crippen molar-refractivity contribution in [2.24, 2.45) is 52.3 Å². The summed E-state index contributed by atoms with van der Waals surface area (Å²) in [4.78, 5) is 4.08. The summed E-state index contributed by atoms with van der Waals surface area (Å²) in [6.07, 6.45) is 12.5. The van der Waals surface area contributed by atoms with Gasteiger partial charge in [0.05, 0.1) is 31.0 Å². The van der Waals surface area contributed by atoms with Gasteiger partial charge in [-0.05, 0) is 128 Å². The number of pyridine rings is 1. The third kappa shape index (κ3) is 5.36. The van der Waals surface area contributed by atoms with Crippen LogP contribution in [0, 0.1) is 52.3 Å². The van der Waals surface area contributed by atoms with Gasteiger partial charge in [-0.25, -0.2) is 4.57 Å². The van der Waals surface area contributed by atoms with Crippen molar-refractivity contribution in [1.82, 2.24) is 4.98 Å². The Labute approximate surface area is 253 Å². The van der Waals surface area contributed by atoms with E-state index in [9.17, 15) is 14.8 Å². The number of aliphatic hydroxyl groups excluding tert-OH is 2. The summed E-state index contributed by atoms with van der Waals surface area (Å²) in [5, 5.41) is 22.5. The number of aromatic nitrogens is 1. The molecule has 0 spiro atoms. The van der Waals surface area contributed by atoms with Crippen LogP contribution < -0.4 is 0 Å². The normalized spacial score (nSPS) is 49.5. The molecule has 5 aliphatic rings. The van der Waals surface area contributed by atoms with E-state index in [0.29, 0.717) is 48.5 Å². The maximum absolute atomic E-state index is 13.5. The molecule has 5 fully saturated rings. The van der Waals surface area contributed by atoms with Gasteiger partial charge in [-0.15, -0.1) is 0 Å². The summed E-state index contributed by atoms with van der Waals surface area (Å²) in [6.45, 7) is 11.9. The predicted molar refractivity (Wildman–Crippen MR) is 162 cm³/mol. The average molecular weight is 604 g/mol. The van der Waals surface area contributed by atoms with Crippen LogP contribution in [0.4, 0.5) is 0 Å². The molecule has 7 nitrogen and oxygen atoms in total. The minimum Gasteiger partial charge on any atom is -0.393 e. The Bertz CT molecular complexity index is 1140. The number of nitrogens with zero attached hydrogens (tertiary/aromatic N) is 1. The van der Waals surface area contributed by atoms with Crippen LogP contribution in [0.1, 0.15) is 110 Å². The number of hydrogen-bond donors (Lipinski definition) is 2. The van der Waals surface area contributed by atoms with Crippen LogP contribution in [-0.4, -0.2) is 40.1 Å². The Balaban J connectivity index is 1.12. The van der Waals surface area contributed by atoms with Gasteiger partial charge < -0.3 is 10.2 Å². The summed E-state index contributed by atoms with van der Waals surface area (Å²) in [7, 11) is -3.66. The monoisotopic (exact) mass is 603 g/mol. The van der Waals surface area contributed by atoms with Crippen LogP contribution >= 0.6 is 7.82 Å². The fraction of sp³-hybridized carbons (Fsp3) is 0.853. The van der Waals surface area contributed by atoms with E-state index in [2.05, 4.69) is 32.7 Å². The smallest absolute Gasteiger partial charge is 0.393 e. The van der Waals surface area contributed by atoms with E-state index in [1.54, 1.807) is 12.4 Å². The maximum Gasteiger partial charge on any atom is 0.475 e. The molecule has 6 unspecified atom stereocenters. The van der Waals surface area contributed by atoms with Crippen molar-refractivity contribution in [2.75, 3.05) is 6.61 Å². The number of phosphoric ester groups is 1. The fourth-order valence-electron chi connectivity index (χ4n) is 11.1. The molecule has 2 N–H and O–H groups in total. The van der Waals surface area contributed by atoms with Crippen LogP contribution in [-0.2, 0) is 18.1 Å². The summed E-state index contributed by atoms with van der Waals surface area (Å²) < 4.78 is 31.1. The second-order valence-electron chi connectivity index (χ2n) is 15.2. The summed E-state index contributed by atoms with van der Waals surface area (Å²) in [5.74, 6) is 3.10. The molecular formula is C34H54NO6P. The molecule has 6 rings (SSSR count). The van der Waals surface area contributed by atoms with E-state index in [1.165, 1.54) is 25.7 Å². The first kappa shape index (κ1) is 31.2. The van der Waals surface area contributed by atoms with Gasteiger partial charge in [0.15, 0.2) is 0 Å². The molecule has 42 heavy (non-hydrogen) atoms. The number of aliphatic hydroxyl groups is 2. The first-order chi connectivity index (χ1) is 20.0. The zero-order valence-electron chi connectivity index (χ0n) is 26.4. The lowest BCUT2D eigenvalue weighted by Crippen LogP contribution is -2.62. The Hall–Kier alpha value is -0.820. The van der Waals surface area contributed by atoms with E-state index >= 15 is 0 Å². The second kappa shape index (κ2) is 11.8. The highest BCUT2D eigenvalue weighted by atomic mass is 31.2. The SMILES string of the molecule is CC[C@@H]1C2C[C@H](O)CC[C@]2(C)C2CC[C@@]3(C)C(CC[C@@H]3[C@H](C)CCOP3(=O)OC(C)C[C@@H](c4ccncc4)O3)C2[C@@H]1O. The van der Waals surface area contributed by atoms with Crippen LogP contribution in [0.5, 0.6) is 0 Å². The van der Waals surface area contributed by atoms with Crippen LogP contribution in [0.3, 0.4) is 0 Å². The van der Waals surface area contributed by atoms with Gasteiger partial charge in [-0.2, -0.15) is 0 Å². The largest absolute Gasteiger partial charge is 0.475 e. The van der Waals surface area contributed by atoms with Crippen molar-refractivity contribution >= 4 is 7.82 Å². The van der Waals surface area contributed by atoms with E-state index in [0.717, 1.165) is 37.7 Å². The molecule has 2 heterocycles. The van der Waals surface area contributed by atoms with Gasteiger partial charge in [0.1, 0.15) is 0 Å². The van der Waals surface area contributed by atoms with Gasteiger partial charge in [-0.3, -0.25) is 18.6 Å². The van der Waals surface area contributed by atoms with Gasteiger partial charge in [0.2, 0.25) is 0 Å². The molecular weight excluding hydrogens is 549 g/mol. The first-order valence-electron chi connectivity index (χ1n) is 16.9. The number of hydrogen-bond acceptors (Lipinski definition) is 7. The first-order valence-corrected chi connectivity index (χ1v) is 18.3. The van der Waals surface area contributed by atoms with Crippen molar-refractivity contribution in [3.63, 3.8) is 0 Å². The molecule has 0 radical (unpaired) electrons.